The minimum atomic E-state index is -1.74. The average Bonchev–Trinajstić information content (AvgIpc) is 3.05. The van der Waals surface area contributed by atoms with Crippen LogP contribution >= 0.6 is 0 Å². The Morgan fingerprint density at radius 2 is 0.652 bits per heavy atom. The number of aliphatic hydroxyl groups excluding tert-OH is 16. The molecule has 0 radical (unpaired) electrons. The first-order valence-electron chi connectivity index (χ1n) is 14.2. The molecule has 0 aromatic rings. The van der Waals surface area contributed by atoms with E-state index in [1.54, 1.807) is 0 Å². The lowest BCUT2D eigenvalue weighted by Gasteiger charge is -2.45. The lowest BCUT2D eigenvalue weighted by atomic mass is 9.97. The van der Waals surface area contributed by atoms with Crippen LogP contribution in [0.5, 0.6) is 0 Å². The highest BCUT2D eigenvalue weighted by molar-refractivity contribution is 4.94. The Labute approximate surface area is 260 Å². The van der Waals surface area contributed by atoms with Crippen molar-refractivity contribution in [1.82, 2.24) is 0 Å². The first kappa shape index (κ1) is 39.6. The fraction of sp³-hybridized carbons (Fsp3) is 1.00. The van der Waals surface area contributed by atoms with Crippen molar-refractivity contribution in [2.45, 2.75) is 123 Å². The van der Waals surface area contributed by atoms with Gasteiger partial charge in [0, 0.05) is 0 Å². The Hall–Kier alpha value is -0.880. The third kappa shape index (κ3) is 8.45. The second kappa shape index (κ2) is 17.2. The molecule has 0 aromatic carbocycles. The van der Waals surface area contributed by atoms with Crippen molar-refractivity contribution >= 4 is 0 Å². The lowest BCUT2D eigenvalue weighted by Crippen LogP contribution is -2.64. The van der Waals surface area contributed by atoms with Crippen molar-refractivity contribution < 1.29 is 110 Å². The maximum Gasteiger partial charge on any atom is 0.189 e. The molecule has 4 aliphatic rings. The monoisotopic (exact) mass is 684 g/mol. The number of ether oxygens (including phenoxy) is 6. The zero-order valence-corrected chi connectivity index (χ0v) is 24.0. The van der Waals surface area contributed by atoms with Crippen molar-refractivity contribution in [3.63, 3.8) is 0 Å². The van der Waals surface area contributed by atoms with Gasteiger partial charge in [-0.25, -0.2) is 0 Å². The van der Waals surface area contributed by atoms with Gasteiger partial charge >= 0.3 is 0 Å². The van der Waals surface area contributed by atoms with E-state index in [9.17, 15) is 66.4 Å². The van der Waals surface area contributed by atoms with E-state index in [0.717, 1.165) is 0 Å². The molecule has 4 rings (SSSR count). The molecule has 0 saturated carbocycles. The van der Waals surface area contributed by atoms with Crippen molar-refractivity contribution in [2.24, 2.45) is 0 Å². The summed E-state index contributed by atoms with van der Waals surface area (Å²) < 4.78 is 30.6. The standard InChI is InChI=1S/2C12H22O11/c13-1-3-5(15)6(16)9(19)12(22-3)23-10-4(2-14)21-11(20)8(18)7(10)17;13-1-3-5(15)7(17)9(19)11(21-3)23-12-10(20)8(18)6(16)4(2-14)22-12/h2*3-20H,1-2H2/t3-,4-,5-,6+,7-,8-,9-,10-,11-,12+;3-,4-,5-,6-,7+,8+,9-,10-,11-,12-/m11/s1. The fourth-order valence-corrected chi connectivity index (χ4v) is 5.06. The highest BCUT2D eigenvalue weighted by Gasteiger charge is 2.51. The van der Waals surface area contributed by atoms with Crippen molar-refractivity contribution in [1.29, 1.82) is 0 Å². The molecule has 20 atom stereocenters. The van der Waals surface area contributed by atoms with Crippen LogP contribution in [0.2, 0.25) is 0 Å². The van der Waals surface area contributed by atoms with E-state index >= 15 is 0 Å². The molecule has 16 N–H and O–H groups in total. The first-order chi connectivity index (χ1) is 21.6. The zero-order valence-electron chi connectivity index (χ0n) is 24.0. The van der Waals surface area contributed by atoms with E-state index < -0.39 is 149 Å². The van der Waals surface area contributed by atoms with Crippen LogP contribution in [0.25, 0.3) is 0 Å². The Morgan fingerprint density at radius 3 is 0.978 bits per heavy atom. The molecule has 0 unspecified atom stereocenters. The number of hydrogen-bond acceptors (Lipinski definition) is 22. The number of hydrogen-bond donors (Lipinski definition) is 16. The average molecular weight is 685 g/mol. The third-order valence-corrected chi connectivity index (χ3v) is 7.94. The maximum atomic E-state index is 9.94. The summed E-state index contributed by atoms with van der Waals surface area (Å²) in [5.74, 6) is 0. The summed E-state index contributed by atoms with van der Waals surface area (Å²) in [7, 11) is 0. The van der Waals surface area contributed by atoms with Crippen molar-refractivity contribution in [3.8, 4) is 0 Å². The van der Waals surface area contributed by atoms with Crippen LogP contribution in [0.3, 0.4) is 0 Å². The van der Waals surface area contributed by atoms with Crippen LogP contribution in [0.4, 0.5) is 0 Å². The van der Waals surface area contributed by atoms with Crippen molar-refractivity contribution in [2.75, 3.05) is 26.4 Å². The minimum Gasteiger partial charge on any atom is -0.394 e. The Bertz CT molecular complexity index is 862. The normalized spacial score (nSPS) is 51.7. The fourth-order valence-electron chi connectivity index (χ4n) is 5.06. The van der Waals surface area contributed by atoms with Gasteiger partial charge in [-0.3, -0.25) is 0 Å². The molecule has 22 nitrogen and oxygen atoms in total. The van der Waals surface area contributed by atoms with E-state index in [2.05, 4.69) is 0 Å². The number of rotatable bonds is 8. The minimum absolute atomic E-state index is 0.667. The predicted octanol–water partition coefficient (Wildman–Crippen LogP) is -10.8. The van der Waals surface area contributed by atoms with Gasteiger partial charge in [0.25, 0.3) is 0 Å². The molecule has 4 aliphatic heterocycles. The molecule has 46 heavy (non-hydrogen) atoms. The molecular formula is C24H44O22. The van der Waals surface area contributed by atoms with Gasteiger partial charge in [0.2, 0.25) is 0 Å². The van der Waals surface area contributed by atoms with Crippen LogP contribution < -0.4 is 0 Å². The summed E-state index contributed by atoms with van der Waals surface area (Å²) in [5.41, 5.74) is 0. The maximum absolute atomic E-state index is 9.94. The molecule has 0 aromatic heterocycles. The topological polar surface area (TPSA) is 379 Å². The van der Waals surface area contributed by atoms with Crippen LogP contribution in [0.1, 0.15) is 0 Å². The van der Waals surface area contributed by atoms with Gasteiger partial charge in [0.15, 0.2) is 25.2 Å². The van der Waals surface area contributed by atoms with E-state index in [1.807, 2.05) is 0 Å². The molecule has 4 saturated heterocycles. The van der Waals surface area contributed by atoms with Gasteiger partial charge in [-0.05, 0) is 0 Å². The molecule has 0 aliphatic carbocycles. The Kier molecular flexibility index (Phi) is 14.8. The summed E-state index contributed by atoms with van der Waals surface area (Å²) in [4.78, 5) is 0. The van der Waals surface area contributed by atoms with Gasteiger partial charge in [-0.1, -0.05) is 0 Å². The van der Waals surface area contributed by atoms with Gasteiger partial charge in [-0.15, -0.1) is 0 Å². The van der Waals surface area contributed by atoms with E-state index in [1.165, 1.54) is 0 Å². The summed E-state index contributed by atoms with van der Waals surface area (Å²) in [6.45, 7) is -2.68. The third-order valence-electron chi connectivity index (χ3n) is 7.94. The first-order valence-corrected chi connectivity index (χ1v) is 14.2. The number of aliphatic hydroxyl groups is 16. The molecule has 4 heterocycles. The smallest absolute Gasteiger partial charge is 0.189 e. The van der Waals surface area contributed by atoms with Gasteiger partial charge < -0.3 is 110 Å². The second-order valence-corrected chi connectivity index (χ2v) is 11.1. The van der Waals surface area contributed by atoms with E-state index in [4.69, 9.17) is 43.7 Å². The van der Waals surface area contributed by atoms with Crippen LogP contribution in [-0.2, 0) is 28.4 Å². The van der Waals surface area contributed by atoms with Gasteiger partial charge in [0.05, 0.1) is 26.4 Å². The zero-order chi connectivity index (χ0) is 34.6. The predicted molar refractivity (Wildman–Crippen MR) is 137 cm³/mol. The molecular weight excluding hydrogens is 640 g/mol. The highest BCUT2D eigenvalue weighted by Crippen LogP contribution is 2.30. The van der Waals surface area contributed by atoms with Gasteiger partial charge in [-0.2, -0.15) is 0 Å². The summed E-state index contributed by atoms with van der Waals surface area (Å²) >= 11 is 0. The van der Waals surface area contributed by atoms with Crippen molar-refractivity contribution in [3.05, 3.63) is 0 Å². The van der Waals surface area contributed by atoms with Crippen LogP contribution in [-0.4, -0.2) is 231 Å². The van der Waals surface area contributed by atoms with E-state index in [-0.39, 0.29) is 0 Å². The molecule has 0 spiro atoms. The summed E-state index contributed by atoms with van der Waals surface area (Å²) in [5, 5.41) is 153. The summed E-state index contributed by atoms with van der Waals surface area (Å²) in [6.07, 6.45) is -31.2. The van der Waals surface area contributed by atoms with Crippen LogP contribution in [0, 0.1) is 0 Å². The lowest BCUT2D eigenvalue weighted by molar-refractivity contribution is -0.376. The quantitative estimate of drug-likeness (QED) is 0.113. The Balaban J connectivity index is 0.000000250. The molecule has 0 amide bonds. The second-order valence-electron chi connectivity index (χ2n) is 11.1. The van der Waals surface area contributed by atoms with Gasteiger partial charge in [0.1, 0.15) is 97.7 Å². The molecule has 22 heteroatoms. The largest absolute Gasteiger partial charge is 0.394 e. The molecule has 0 bridgehead atoms. The van der Waals surface area contributed by atoms with E-state index in [0.29, 0.717) is 0 Å². The van der Waals surface area contributed by atoms with Crippen LogP contribution in [0.15, 0.2) is 0 Å². The highest BCUT2D eigenvalue weighted by atomic mass is 16.8. The molecule has 4 fully saturated rings. The Morgan fingerprint density at radius 1 is 0.326 bits per heavy atom. The summed E-state index contributed by atoms with van der Waals surface area (Å²) in [6, 6.07) is 0. The SMILES string of the molecule is OC[C@H]1O[C@@H](O[C@H]2[C@H](O)[C@@H](O)[C@H](O)O[C@@H]2CO)[C@H](O)[C@@H](O)[C@@H]1O.OC[C@H]1O[C@H](O[C@H]2O[C@H](CO)[C@@H](O)[C@H](O)[C@H]2O)[C@H](O)[C@@H](O)[C@@H]1O. The molecule has 272 valence electrons.